The van der Waals surface area contributed by atoms with Crippen molar-refractivity contribution in [1.29, 1.82) is 0 Å². The van der Waals surface area contributed by atoms with Gasteiger partial charge in [-0.3, -0.25) is 19.2 Å². The van der Waals surface area contributed by atoms with Crippen LogP contribution < -0.4 is 10.9 Å². The molecule has 5 aromatic rings. The number of para-hydroxylation sites is 2. The zero-order valence-electron chi connectivity index (χ0n) is 22.7. The Morgan fingerprint density at radius 2 is 1.22 bits per heavy atom. The van der Waals surface area contributed by atoms with Crippen molar-refractivity contribution >= 4 is 61.4 Å². The van der Waals surface area contributed by atoms with Gasteiger partial charge in [0.05, 0.1) is 22.1 Å². The molecule has 1 aliphatic rings. The van der Waals surface area contributed by atoms with E-state index in [9.17, 15) is 24.0 Å². The van der Waals surface area contributed by atoms with Gasteiger partial charge >= 0.3 is 5.97 Å². The second-order valence-electron chi connectivity index (χ2n) is 10.3. The van der Waals surface area contributed by atoms with Crippen molar-refractivity contribution in [3.8, 4) is 0 Å². The van der Waals surface area contributed by atoms with E-state index >= 15 is 0 Å². The van der Waals surface area contributed by atoms with Crippen molar-refractivity contribution in [2.75, 3.05) is 0 Å². The van der Waals surface area contributed by atoms with Crippen LogP contribution in [0.5, 0.6) is 0 Å². The van der Waals surface area contributed by atoms with Gasteiger partial charge in [-0.25, -0.2) is 4.79 Å². The van der Waals surface area contributed by atoms with Gasteiger partial charge in [-0.2, -0.15) is 0 Å². The lowest BCUT2D eigenvalue weighted by Crippen LogP contribution is -2.31. The van der Waals surface area contributed by atoms with Gasteiger partial charge in [-0.1, -0.05) is 30.7 Å². The molecule has 0 saturated carbocycles. The molecule has 0 bridgehead atoms. The molecule has 208 valence electrons. The van der Waals surface area contributed by atoms with E-state index in [0.717, 1.165) is 16.6 Å². The number of hydrogen-bond acceptors (Lipinski definition) is 6. The first-order chi connectivity index (χ1) is 19.9. The molecule has 0 spiro atoms. The van der Waals surface area contributed by atoms with Crippen molar-refractivity contribution < 1.29 is 19.2 Å². The maximum Gasteiger partial charge on any atom is 0.333 e. The number of benzene rings is 3. The monoisotopic (exact) mass is 551 g/mol. The number of amides is 2. The SMILES string of the molecule is CCn1c2ccccc2c(=O)c2cc3c(cc21)c(=O)c1ccccc1n3CCCCCC(=O)ON1C(=O)CCC1=O. The van der Waals surface area contributed by atoms with E-state index in [1.165, 1.54) is 0 Å². The molecule has 0 radical (unpaired) electrons. The average Bonchev–Trinajstić information content (AvgIpc) is 3.30. The van der Waals surface area contributed by atoms with E-state index in [0.29, 0.717) is 64.5 Å². The summed E-state index contributed by atoms with van der Waals surface area (Å²) in [7, 11) is 0. The summed E-state index contributed by atoms with van der Waals surface area (Å²) in [6, 6.07) is 18.7. The Kier molecular flexibility index (Phi) is 6.86. The van der Waals surface area contributed by atoms with Gasteiger partial charge in [0.1, 0.15) is 0 Å². The Bertz CT molecular complexity index is 1990. The number of hydrogen-bond donors (Lipinski definition) is 0. The van der Waals surface area contributed by atoms with E-state index < -0.39 is 17.8 Å². The Balaban J connectivity index is 1.34. The highest BCUT2D eigenvalue weighted by molar-refractivity contribution is 6.04. The molecule has 1 aliphatic heterocycles. The van der Waals surface area contributed by atoms with Crippen LogP contribution in [-0.2, 0) is 32.3 Å². The molecule has 1 saturated heterocycles. The lowest BCUT2D eigenvalue weighted by molar-refractivity contribution is -0.197. The first kappa shape index (κ1) is 26.4. The minimum Gasteiger partial charge on any atom is -0.341 e. The number of rotatable bonds is 8. The summed E-state index contributed by atoms with van der Waals surface area (Å²) >= 11 is 0. The number of carbonyl (C=O) groups is 3. The van der Waals surface area contributed by atoms with Gasteiger partial charge in [-0.05, 0) is 56.2 Å². The first-order valence-corrected chi connectivity index (χ1v) is 14.0. The standard InChI is InChI=1S/C32H29N3O6/c1-2-33-24-12-7-5-10-20(24)31(39)22-19-27-23(18-26(22)33)32(40)21-11-6-8-13-25(21)34(27)17-9-3-4-14-30(38)41-35-28(36)15-16-29(35)37/h5-8,10-13,18-19H,2-4,9,14-17H2,1H3. The van der Waals surface area contributed by atoms with E-state index in [-0.39, 0.29) is 30.1 Å². The van der Waals surface area contributed by atoms with Crippen LogP contribution in [0.2, 0.25) is 0 Å². The molecule has 9 heteroatoms. The molecule has 0 N–H and O–H groups in total. The molecule has 0 atom stereocenters. The van der Waals surface area contributed by atoms with Gasteiger partial charge in [0.15, 0.2) is 10.9 Å². The lowest BCUT2D eigenvalue weighted by Gasteiger charge is -2.18. The van der Waals surface area contributed by atoms with Crippen molar-refractivity contribution in [2.45, 2.75) is 58.5 Å². The molecule has 9 nitrogen and oxygen atoms in total. The Morgan fingerprint density at radius 1 is 0.683 bits per heavy atom. The fraction of sp³-hybridized carbons (Fsp3) is 0.281. The van der Waals surface area contributed by atoms with Crippen LogP contribution in [0.1, 0.15) is 45.4 Å². The summed E-state index contributed by atoms with van der Waals surface area (Å²) in [4.78, 5) is 67.7. The van der Waals surface area contributed by atoms with Crippen LogP contribution in [-0.4, -0.2) is 32.0 Å². The van der Waals surface area contributed by atoms with E-state index in [4.69, 9.17) is 4.84 Å². The fourth-order valence-corrected chi connectivity index (χ4v) is 5.84. The zero-order chi connectivity index (χ0) is 28.7. The Labute approximate surface area is 234 Å². The second kappa shape index (κ2) is 10.6. The fourth-order valence-electron chi connectivity index (χ4n) is 5.84. The number of aromatic nitrogens is 2. The highest BCUT2D eigenvalue weighted by Crippen LogP contribution is 2.27. The summed E-state index contributed by atoms with van der Waals surface area (Å²) in [5.74, 6) is -1.60. The number of imide groups is 1. The van der Waals surface area contributed by atoms with Crippen molar-refractivity contribution in [1.82, 2.24) is 14.2 Å². The predicted molar refractivity (Wildman–Crippen MR) is 156 cm³/mol. The maximum absolute atomic E-state index is 13.7. The smallest absolute Gasteiger partial charge is 0.333 e. The molecule has 6 rings (SSSR count). The van der Waals surface area contributed by atoms with Gasteiger partial charge < -0.3 is 14.0 Å². The van der Waals surface area contributed by atoms with Crippen LogP contribution >= 0.6 is 0 Å². The highest BCUT2D eigenvalue weighted by Gasteiger charge is 2.32. The number of fused-ring (bicyclic) bond motifs is 4. The first-order valence-electron chi connectivity index (χ1n) is 14.0. The van der Waals surface area contributed by atoms with Gasteiger partial charge in [0, 0.05) is 53.9 Å². The Hall–Kier alpha value is -4.79. The summed E-state index contributed by atoms with van der Waals surface area (Å²) in [6.45, 7) is 3.24. The molecule has 0 unspecified atom stereocenters. The quantitative estimate of drug-likeness (QED) is 0.156. The van der Waals surface area contributed by atoms with Crippen LogP contribution in [0.4, 0.5) is 0 Å². The van der Waals surface area contributed by atoms with Gasteiger partial charge in [-0.15, -0.1) is 5.06 Å². The average molecular weight is 552 g/mol. The molecule has 41 heavy (non-hydrogen) atoms. The number of nitrogens with zero attached hydrogens (tertiary/aromatic N) is 3. The molecular weight excluding hydrogens is 522 g/mol. The summed E-state index contributed by atoms with van der Waals surface area (Å²) in [5, 5.41) is 2.93. The minimum absolute atomic E-state index is 0.0607. The van der Waals surface area contributed by atoms with E-state index in [1.54, 1.807) is 0 Å². The minimum atomic E-state index is -0.612. The number of carbonyl (C=O) groups excluding carboxylic acids is 3. The third-order valence-electron chi connectivity index (χ3n) is 7.84. The molecule has 2 amide bonds. The summed E-state index contributed by atoms with van der Waals surface area (Å²) < 4.78 is 4.16. The van der Waals surface area contributed by atoms with Crippen LogP contribution in [0.3, 0.4) is 0 Å². The third-order valence-corrected chi connectivity index (χ3v) is 7.84. The molecule has 2 aromatic heterocycles. The Morgan fingerprint density at radius 3 is 1.80 bits per heavy atom. The molecule has 3 heterocycles. The highest BCUT2D eigenvalue weighted by atomic mass is 16.7. The molecule has 0 aliphatic carbocycles. The van der Waals surface area contributed by atoms with E-state index in [2.05, 4.69) is 9.13 Å². The number of aryl methyl sites for hydroxylation is 2. The third kappa shape index (κ3) is 4.57. The zero-order valence-corrected chi connectivity index (χ0v) is 22.7. The second-order valence-corrected chi connectivity index (χ2v) is 10.3. The van der Waals surface area contributed by atoms with Crippen molar-refractivity contribution in [2.24, 2.45) is 0 Å². The largest absolute Gasteiger partial charge is 0.341 e. The predicted octanol–water partition coefficient (Wildman–Crippen LogP) is 4.81. The summed E-state index contributed by atoms with van der Waals surface area (Å²) in [5.41, 5.74) is 2.91. The lowest BCUT2D eigenvalue weighted by atomic mass is 10.0. The maximum atomic E-state index is 13.7. The summed E-state index contributed by atoms with van der Waals surface area (Å²) in [6.07, 6.45) is 2.10. The molecular formula is C32H29N3O6. The normalized spacial score (nSPS) is 13.7. The van der Waals surface area contributed by atoms with Gasteiger partial charge in [0.2, 0.25) is 0 Å². The molecule has 1 fully saturated rings. The van der Waals surface area contributed by atoms with Crippen LogP contribution in [0.25, 0.3) is 43.6 Å². The number of hydroxylamine groups is 2. The van der Waals surface area contributed by atoms with Crippen molar-refractivity contribution in [3.05, 3.63) is 81.1 Å². The number of pyridine rings is 2. The van der Waals surface area contributed by atoms with Crippen LogP contribution in [0.15, 0.2) is 70.3 Å². The van der Waals surface area contributed by atoms with Crippen LogP contribution in [0, 0.1) is 0 Å². The van der Waals surface area contributed by atoms with Gasteiger partial charge in [0.25, 0.3) is 11.8 Å². The number of unbranched alkanes of at least 4 members (excludes halogenated alkanes) is 2. The van der Waals surface area contributed by atoms with Crippen molar-refractivity contribution in [3.63, 3.8) is 0 Å². The molecule has 3 aromatic carbocycles. The van der Waals surface area contributed by atoms with E-state index in [1.807, 2.05) is 67.6 Å². The topological polar surface area (TPSA) is 108 Å².